The van der Waals surface area contributed by atoms with E-state index in [0.29, 0.717) is 25.7 Å². The van der Waals surface area contributed by atoms with Gasteiger partial charge in [0.15, 0.2) is 0 Å². The number of hydrogen-bond acceptors (Lipinski definition) is 3. The second kappa shape index (κ2) is 5.43. The summed E-state index contributed by atoms with van der Waals surface area (Å²) in [4.78, 5) is 37.8. The summed E-state index contributed by atoms with van der Waals surface area (Å²) in [5.41, 5.74) is -0.463. The molecule has 2 unspecified atom stereocenters. The van der Waals surface area contributed by atoms with Crippen LogP contribution in [0.4, 0.5) is 0 Å². The third-order valence-electron chi connectivity index (χ3n) is 5.61. The van der Waals surface area contributed by atoms with Crippen molar-refractivity contribution in [1.82, 2.24) is 4.90 Å². The Morgan fingerprint density at radius 3 is 2.33 bits per heavy atom. The van der Waals surface area contributed by atoms with Crippen LogP contribution in [-0.2, 0) is 14.4 Å². The topological polar surface area (TPSA) is 74.7 Å². The first-order valence-electron chi connectivity index (χ1n) is 8.13. The van der Waals surface area contributed by atoms with Gasteiger partial charge in [-0.25, -0.2) is 0 Å². The molecule has 1 aliphatic heterocycles. The fourth-order valence-corrected chi connectivity index (χ4v) is 4.40. The van der Waals surface area contributed by atoms with Gasteiger partial charge in [0, 0.05) is 12.5 Å². The predicted molar refractivity (Wildman–Crippen MR) is 75.4 cm³/mol. The van der Waals surface area contributed by atoms with Gasteiger partial charge in [0.05, 0.1) is 11.3 Å². The van der Waals surface area contributed by atoms with E-state index >= 15 is 0 Å². The van der Waals surface area contributed by atoms with E-state index in [1.807, 2.05) is 0 Å². The average molecular weight is 293 g/mol. The van der Waals surface area contributed by atoms with Gasteiger partial charge in [0.1, 0.15) is 0 Å². The first-order valence-corrected chi connectivity index (χ1v) is 8.13. The summed E-state index contributed by atoms with van der Waals surface area (Å²) in [7, 11) is 0. The third-order valence-corrected chi connectivity index (χ3v) is 5.61. The molecule has 2 saturated carbocycles. The number of aliphatic carboxylic acids is 1. The molecule has 5 nitrogen and oxygen atoms in total. The standard InChI is InChI=1S/C16H23NO4/c18-13-10-16(7-3-1-2-4-8-16)15(21)17(13)12-6-5-11(9-12)14(19)20/h11-12H,1-10H2,(H,19,20). The Morgan fingerprint density at radius 2 is 1.76 bits per heavy atom. The van der Waals surface area contributed by atoms with E-state index in [-0.39, 0.29) is 17.9 Å². The third kappa shape index (κ3) is 2.47. The molecule has 1 saturated heterocycles. The van der Waals surface area contributed by atoms with Gasteiger partial charge in [0.2, 0.25) is 11.8 Å². The van der Waals surface area contributed by atoms with E-state index in [0.717, 1.165) is 38.5 Å². The lowest BCUT2D eigenvalue weighted by molar-refractivity contribution is -0.146. The number of carbonyl (C=O) groups is 3. The maximum Gasteiger partial charge on any atom is 0.306 e. The van der Waals surface area contributed by atoms with Crippen LogP contribution < -0.4 is 0 Å². The molecule has 0 aromatic carbocycles. The molecular weight excluding hydrogens is 270 g/mol. The lowest BCUT2D eigenvalue weighted by Gasteiger charge is -2.27. The minimum absolute atomic E-state index is 0.00885. The van der Waals surface area contributed by atoms with E-state index in [1.165, 1.54) is 4.90 Å². The highest BCUT2D eigenvalue weighted by molar-refractivity contribution is 6.06. The second-order valence-electron chi connectivity index (χ2n) is 6.94. The molecular formula is C16H23NO4. The zero-order valence-electron chi connectivity index (χ0n) is 12.3. The van der Waals surface area contributed by atoms with Crippen molar-refractivity contribution < 1.29 is 19.5 Å². The Morgan fingerprint density at radius 1 is 1.10 bits per heavy atom. The number of nitrogens with zero attached hydrogens (tertiary/aromatic N) is 1. The Balaban J connectivity index is 1.76. The molecule has 21 heavy (non-hydrogen) atoms. The first kappa shape index (κ1) is 14.5. The number of carboxylic acids is 1. The highest BCUT2D eigenvalue weighted by Gasteiger charge is 2.53. The van der Waals surface area contributed by atoms with Crippen LogP contribution in [0.3, 0.4) is 0 Å². The molecule has 0 bridgehead atoms. The van der Waals surface area contributed by atoms with Gasteiger partial charge in [-0.05, 0) is 32.1 Å². The molecule has 116 valence electrons. The van der Waals surface area contributed by atoms with Crippen LogP contribution >= 0.6 is 0 Å². The Hall–Kier alpha value is -1.39. The number of likely N-dealkylation sites (tertiary alicyclic amines) is 1. The molecule has 1 heterocycles. The molecule has 1 spiro atoms. The van der Waals surface area contributed by atoms with Gasteiger partial charge in [0.25, 0.3) is 0 Å². The summed E-state index contributed by atoms with van der Waals surface area (Å²) in [6.07, 6.45) is 7.98. The summed E-state index contributed by atoms with van der Waals surface area (Å²) < 4.78 is 0. The van der Waals surface area contributed by atoms with Crippen molar-refractivity contribution in [2.24, 2.45) is 11.3 Å². The molecule has 3 rings (SSSR count). The van der Waals surface area contributed by atoms with Gasteiger partial charge >= 0.3 is 5.97 Å². The molecule has 3 fully saturated rings. The lowest BCUT2D eigenvalue weighted by atomic mass is 9.79. The zero-order valence-corrected chi connectivity index (χ0v) is 12.3. The van der Waals surface area contributed by atoms with Gasteiger partial charge in [-0.2, -0.15) is 0 Å². The monoisotopic (exact) mass is 293 g/mol. The van der Waals surface area contributed by atoms with Crippen LogP contribution in [0.5, 0.6) is 0 Å². The maximum absolute atomic E-state index is 12.9. The predicted octanol–water partition coefficient (Wildman–Crippen LogP) is 2.34. The van der Waals surface area contributed by atoms with Crippen molar-refractivity contribution in [2.45, 2.75) is 70.3 Å². The molecule has 3 aliphatic rings. The Labute approximate surface area is 124 Å². The van der Waals surface area contributed by atoms with Crippen LogP contribution in [0.15, 0.2) is 0 Å². The number of carboxylic acid groups (broad SMARTS) is 1. The fourth-order valence-electron chi connectivity index (χ4n) is 4.40. The summed E-state index contributed by atoms with van der Waals surface area (Å²) >= 11 is 0. The summed E-state index contributed by atoms with van der Waals surface area (Å²) in [5, 5.41) is 9.10. The van der Waals surface area contributed by atoms with Crippen molar-refractivity contribution in [3.63, 3.8) is 0 Å². The summed E-state index contributed by atoms with van der Waals surface area (Å²) in [6.45, 7) is 0. The number of amides is 2. The van der Waals surface area contributed by atoms with E-state index in [9.17, 15) is 14.4 Å². The van der Waals surface area contributed by atoms with Gasteiger partial charge in [-0.3, -0.25) is 19.3 Å². The number of hydrogen-bond donors (Lipinski definition) is 1. The van der Waals surface area contributed by atoms with Gasteiger partial charge in [-0.15, -0.1) is 0 Å². The van der Waals surface area contributed by atoms with Crippen molar-refractivity contribution in [1.29, 1.82) is 0 Å². The first-order chi connectivity index (χ1) is 10.0. The molecule has 0 aromatic rings. The van der Waals surface area contributed by atoms with Crippen molar-refractivity contribution in [3.05, 3.63) is 0 Å². The Kier molecular flexibility index (Phi) is 3.76. The average Bonchev–Trinajstić information content (AvgIpc) is 2.90. The van der Waals surface area contributed by atoms with E-state index in [4.69, 9.17) is 5.11 Å². The maximum atomic E-state index is 12.9. The van der Waals surface area contributed by atoms with Crippen molar-refractivity contribution >= 4 is 17.8 Å². The number of carbonyl (C=O) groups excluding carboxylic acids is 2. The smallest absolute Gasteiger partial charge is 0.306 e. The molecule has 0 radical (unpaired) electrons. The SMILES string of the molecule is O=C(O)C1CCC(N2C(=O)CC3(CCCCCC3)C2=O)C1. The molecule has 5 heteroatoms. The quantitative estimate of drug-likeness (QED) is 0.793. The van der Waals surface area contributed by atoms with Gasteiger partial charge in [-0.1, -0.05) is 25.7 Å². The summed E-state index contributed by atoms with van der Waals surface area (Å²) in [5.74, 6) is -1.29. The molecule has 2 aliphatic carbocycles. The normalized spacial score (nSPS) is 32.7. The van der Waals surface area contributed by atoms with E-state index in [1.54, 1.807) is 0 Å². The van der Waals surface area contributed by atoms with Crippen LogP contribution in [0.25, 0.3) is 0 Å². The van der Waals surface area contributed by atoms with Crippen LogP contribution in [0, 0.1) is 11.3 Å². The molecule has 2 atom stereocenters. The van der Waals surface area contributed by atoms with Crippen LogP contribution in [0.1, 0.15) is 64.2 Å². The van der Waals surface area contributed by atoms with Crippen molar-refractivity contribution in [3.8, 4) is 0 Å². The van der Waals surface area contributed by atoms with Gasteiger partial charge < -0.3 is 5.11 Å². The number of imide groups is 1. The fraction of sp³-hybridized carbons (Fsp3) is 0.812. The highest BCUT2D eigenvalue weighted by atomic mass is 16.4. The molecule has 0 aromatic heterocycles. The molecule has 2 amide bonds. The summed E-state index contributed by atoms with van der Waals surface area (Å²) in [6, 6.07) is -0.186. The number of rotatable bonds is 2. The highest BCUT2D eigenvalue weighted by Crippen LogP contribution is 2.46. The minimum atomic E-state index is -0.805. The van der Waals surface area contributed by atoms with E-state index in [2.05, 4.69) is 0 Å². The largest absolute Gasteiger partial charge is 0.481 e. The Bertz CT molecular complexity index is 465. The van der Waals surface area contributed by atoms with E-state index < -0.39 is 17.3 Å². The zero-order chi connectivity index (χ0) is 15.0. The lowest BCUT2D eigenvalue weighted by Crippen LogP contribution is -2.41. The minimum Gasteiger partial charge on any atom is -0.481 e. The second-order valence-corrected chi connectivity index (χ2v) is 6.94. The van der Waals surface area contributed by atoms with Crippen LogP contribution in [-0.4, -0.2) is 33.8 Å². The van der Waals surface area contributed by atoms with Crippen LogP contribution in [0.2, 0.25) is 0 Å². The van der Waals surface area contributed by atoms with Crippen molar-refractivity contribution in [2.75, 3.05) is 0 Å². The molecule has 1 N–H and O–H groups in total.